The molecule has 19 heavy (non-hydrogen) atoms. The van der Waals surface area contributed by atoms with E-state index in [0.717, 1.165) is 0 Å². The third-order valence-electron chi connectivity index (χ3n) is 2.17. The van der Waals surface area contributed by atoms with Crippen LogP contribution in [-0.4, -0.2) is 36.2 Å². The van der Waals surface area contributed by atoms with Gasteiger partial charge in [-0.2, -0.15) is 0 Å². The molecule has 0 fully saturated rings. The molecule has 0 aliphatic rings. The fourth-order valence-electron chi connectivity index (χ4n) is 1.28. The second kappa shape index (κ2) is 7.38. The van der Waals surface area contributed by atoms with Crippen molar-refractivity contribution in [1.29, 1.82) is 0 Å². The topological polar surface area (TPSA) is 87.7 Å². The zero-order valence-corrected chi connectivity index (χ0v) is 11.0. The van der Waals surface area contributed by atoms with Gasteiger partial charge in [0.15, 0.2) is 6.61 Å². The number of rotatable bonds is 7. The monoisotopic (exact) mass is 266 g/mol. The molecule has 104 valence electrons. The predicted molar refractivity (Wildman–Crippen MR) is 71.3 cm³/mol. The van der Waals surface area contributed by atoms with E-state index in [2.05, 4.69) is 10.6 Å². The van der Waals surface area contributed by atoms with Gasteiger partial charge < -0.3 is 20.5 Å². The summed E-state index contributed by atoms with van der Waals surface area (Å²) in [5.41, 5.74) is 0.637. The van der Waals surface area contributed by atoms with E-state index in [-0.39, 0.29) is 25.1 Å². The summed E-state index contributed by atoms with van der Waals surface area (Å²) >= 11 is 0. The van der Waals surface area contributed by atoms with Crippen molar-refractivity contribution in [2.24, 2.45) is 0 Å². The van der Waals surface area contributed by atoms with E-state index in [1.165, 1.54) is 0 Å². The molecular weight excluding hydrogens is 248 g/mol. The minimum Gasteiger partial charge on any atom is -0.482 e. The Labute approximate surface area is 111 Å². The average molecular weight is 266 g/mol. The Morgan fingerprint density at radius 1 is 1.26 bits per heavy atom. The Morgan fingerprint density at radius 3 is 2.42 bits per heavy atom. The molecule has 0 heterocycles. The van der Waals surface area contributed by atoms with Crippen LogP contribution in [0.1, 0.15) is 13.8 Å². The van der Waals surface area contributed by atoms with E-state index in [0.29, 0.717) is 11.4 Å². The fraction of sp³-hybridized carbons (Fsp3) is 0.385. The number of benzene rings is 1. The van der Waals surface area contributed by atoms with Crippen LogP contribution in [0, 0.1) is 0 Å². The van der Waals surface area contributed by atoms with Gasteiger partial charge in [0, 0.05) is 11.7 Å². The van der Waals surface area contributed by atoms with E-state index in [1.807, 2.05) is 13.8 Å². The van der Waals surface area contributed by atoms with Crippen molar-refractivity contribution in [3.05, 3.63) is 24.3 Å². The van der Waals surface area contributed by atoms with Crippen molar-refractivity contribution < 1.29 is 19.4 Å². The summed E-state index contributed by atoms with van der Waals surface area (Å²) in [5.74, 6) is -0.717. The number of hydrogen-bond donors (Lipinski definition) is 3. The highest BCUT2D eigenvalue weighted by atomic mass is 16.5. The van der Waals surface area contributed by atoms with Crippen LogP contribution in [0.15, 0.2) is 24.3 Å². The Hall–Kier alpha value is -2.08. The number of ether oxygens (including phenoxy) is 1. The second-order valence-corrected chi connectivity index (χ2v) is 4.29. The summed E-state index contributed by atoms with van der Waals surface area (Å²) in [4.78, 5) is 21.9. The molecule has 0 spiro atoms. The molecule has 0 saturated heterocycles. The first-order valence-electron chi connectivity index (χ1n) is 5.95. The third kappa shape index (κ3) is 6.42. The second-order valence-electron chi connectivity index (χ2n) is 4.29. The summed E-state index contributed by atoms with van der Waals surface area (Å²) in [6.45, 7) is 3.78. The van der Waals surface area contributed by atoms with Crippen LogP contribution in [0.4, 0.5) is 5.69 Å². The molecule has 0 radical (unpaired) electrons. The molecule has 3 N–H and O–H groups in total. The molecule has 1 aromatic rings. The first-order valence-corrected chi connectivity index (χ1v) is 5.95. The van der Waals surface area contributed by atoms with Gasteiger partial charge in [0.25, 0.3) is 0 Å². The highest BCUT2D eigenvalue weighted by molar-refractivity contribution is 5.92. The zero-order valence-electron chi connectivity index (χ0n) is 11.0. The molecule has 1 aromatic carbocycles. The smallest absolute Gasteiger partial charge is 0.341 e. The third-order valence-corrected chi connectivity index (χ3v) is 2.17. The summed E-state index contributed by atoms with van der Waals surface area (Å²) in [6.07, 6.45) is 0. The van der Waals surface area contributed by atoms with Gasteiger partial charge in [0.05, 0.1) is 6.54 Å². The number of nitrogens with one attached hydrogen (secondary N) is 2. The lowest BCUT2D eigenvalue weighted by molar-refractivity contribution is -0.139. The van der Waals surface area contributed by atoms with Crippen LogP contribution in [0.2, 0.25) is 0 Å². The summed E-state index contributed by atoms with van der Waals surface area (Å²) in [6, 6.07) is 6.77. The molecule has 0 aliphatic heterocycles. The molecule has 6 nitrogen and oxygen atoms in total. The normalized spacial score (nSPS) is 10.3. The van der Waals surface area contributed by atoms with Gasteiger partial charge in [-0.05, 0) is 24.3 Å². The van der Waals surface area contributed by atoms with E-state index < -0.39 is 5.97 Å². The molecular formula is C13H18N2O4. The first kappa shape index (κ1) is 15.0. The first-order chi connectivity index (χ1) is 8.97. The van der Waals surface area contributed by atoms with Gasteiger partial charge in [-0.3, -0.25) is 4.79 Å². The van der Waals surface area contributed by atoms with E-state index in [4.69, 9.17) is 9.84 Å². The van der Waals surface area contributed by atoms with Gasteiger partial charge in [0.1, 0.15) is 5.75 Å². The molecule has 0 aliphatic carbocycles. The molecule has 1 rings (SSSR count). The lowest BCUT2D eigenvalue weighted by Crippen LogP contribution is -2.32. The number of hydrogen-bond acceptors (Lipinski definition) is 4. The molecule has 0 saturated carbocycles. The van der Waals surface area contributed by atoms with Crippen molar-refractivity contribution >= 4 is 17.6 Å². The lowest BCUT2D eigenvalue weighted by Gasteiger charge is -2.09. The maximum absolute atomic E-state index is 11.5. The number of carboxylic acids is 1. The summed E-state index contributed by atoms with van der Waals surface area (Å²) in [5, 5.41) is 14.2. The van der Waals surface area contributed by atoms with E-state index in [9.17, 15) is 9.59 Å². The van der Waals surface area contributed by atoms with Crippen molar-refractivity contribution in [3.8, 4) is 5.75 Å². The number of carboxylic acid groups (broad SMARTS) is 1. The van der Waals surface area contributed by atoms with Crippen molar-refractivity contribution in [1.82, 2.24) is 5.32 Å². The predicted octanol–water partition coefficient (Wildman–Crippen LogP) is 1.09. The van der Waals surface area contributed by atoms with Crippen LogP contribution in [-0.2, 0) is 9.59 Å². The maximum atomic E-state index is 11.5. The zero-order chi connectivity index (χ0) is 14.3. The standard InChI is InChI=1S/C13H18N2O4/c1-9(2)14-7-12(16)15-10-3-5-11(6-4-10)19-8-13(17)18/h3-6,9,14H,7-8H2,1-2H3,(H,15,16)(H,17,18). The minimum atomic E-state index is -1.03. The van der Waals surface area contributed by atoms with Gasteiger partial charge >= 0.3 is 5.97 Å². The molecule has 1 amide bonds. The number of aliphatic carboxylic acids is 1. The highest BCUT2D eigenvalue weighted by Gasteiger charge is 2.04. The quantitative estimate of drug-likeness (QED) is 0.687. The Morgan fingerprint density at radius 2 is 1.89 bits per heavy atom. The van der Waals surface area contributed by atoms with Crippen LogP contribution in [0.3, 0.4) is 0 Å². The number of anilines is 1. The van der Waals surface area contributed by atoms with Crippen LogP contribution >= 0.6 is 0 Å². The largest absolute Gasteiger partial charge is 0.482 e. The Kier molecular flexibility index (Phi) is 5.81. The minimum absolute atomic E-state index is 0.132. The molecule has 0 bridgehead atoms. The molecule has 0 aromatic heterocycles. The molecule has 0 atom stereocenters. The summed E-state index contributed by atoms with van der Waals surface area (Å²) in [7, 11) is 0. The number of carbonyl (C=O) groups is 2. The van der Waals surface area contributed by atoms with Gasteiger partial charge in [-0.15, -0.1) is 0 Å². The fourth-order valence-corrected chi connectivity index (χ4v) is 1.28. The van der Waals surface area contributed by atoms with Crippen LogP contribution in [0.5, 0.6) is 5.75 Å². The SMILES string of the molecule is CC(C)NCC(=O)Nc1ccc(OCC(=O)O)cc1. The Bertz CT molecular complexity index is 429. The lowest BCUT2D eigenvalue weighted by atomic mass is 10.3. The van der Waals surface area contributed by atoms with Crippen molar-refractivity contribution in [2.75, 3.05) is 18.5 Å². The van der Waals surface area contributed by atoms with Gasteiger partial charge in [-0.25, -0.2) is 4.79 Å². The van der Waals surface area contributed by atoms with Crippen LogP contribution < -0.4 is 15.4 Å². The maximum Gasteiger partial charge on any atom is 0.341 e. The van der Waals surface area contributed by atoms with Gasteiger partial charge in [-0.1, -0.05) is 13.8 Å². The number of amides is 1. The van der Waals surface area contributed by atoms with E-state index >= 15 is 0 Å². The summed E-state index contributed by atoms with van der Waals surface area (Å²) < 4.78 is 4.98. The van der Waals surface area contributed by atoms with Gasteiger partial charge in [0.2, 0.25) is 5.91 Å². The Balaban J connectivity index is 2.43. The van der Waals surface area contributed by atoms with Crippen molar-refractivity contribution in [2.45, 2.75) is 19.9 Å². The molecule has 0 unspecified atom stereocenters. The van der Waals surface area contributed by atoms with Crippen LogP contribution in [0.25, 0.3) is 0 Å². The molecule has 6 heteroatoms. The number of carbonyl (C=O) groups excluding carboxylic acids is 1. The average Bonchev–Trinajstić information content (AvgIpc) is 2.35. The van der Waals surface area contributed by atoms with Crippen molar-refractivity contribution in [3.63, 3.8) is 0 Å². The highest BCUT2D eigenvalue weighted by Crippen LogP contribution is 2.15. The van der Waals surface area contributed by atoms with E-state index in [1.54, 1.807) is 24.3 Å².